The highest BCUT2D eigenvalue weighted by molar-refractivity contribution is 7.86. The summed E-state index contributed by atoms with van der Waals surface area (Å²) in [7, 11) is -1.76. The molecule has 4 heterocycles. The molecule has 1 saturated carbocycles. The number of anilines is 1. The predicted molar refractivity (Wildman–Crippen MR) is 107 cm³/mol. The van der Waals surface area contributed by atoms with E-state index in [1.54, 1.807) is 22.0 Å². The van der Waals surface area contributed by atoms with Gasteiger partial charge in [-0.2, -0.15) is 17.0 Å². The summed E-state index contributed by atoms with van der Waals surface area (Å²) in [5, 5.41) is 4.38. The van der Waals surface area contributed by atoms with Crippen LogP contribution in [-0.2, 0) is 10.2 Å². The molecule has 152 valence electrons. The third-order valence-electron chi connectivity index (χ3n) is 6.36. The second-order valence-electron chi connectivity index (χ2n) is 8.24. The van der Waals surface area contributed by atoms with E-state index in [2.05, 4.69) is 25.2 Å². The maximum absolute atomic E-state index is 13.3. The zero-order chi connectivity index (χ0) is 19.4. The van der Waals surface area contributed by atoms with Gasteiger partial charge in [0.25, 0.3) is 10.2 Å². The van der Waals surface area contributed by atoms with Gasteiger partial charge in [0.2, 0.25) is 0 Å². The molecule has 28 heavy (non-hydrogen) atoms. The van der Waals surface area contributed by atoms with Crippen LogP contribution in [0.5, 0.6) is 0 Å². The maximum Gasteiger partial charge on any atom is 0.282 e. The second-order valence-corrected chi connectivity index (χ2v) is 10.2. The summed E-state index contributed by atoms with van der Waals surface area (Å²) in [5.74, 6) is 0.887. The van der Waals surface area contributed by atoms with Crippen molar-refractivity contribution in [2.75, 3.05) is 44.7 Å². The molecule has 5 rings (SSSR count). The van der Waals surface area contributed by atoms with Crippen LogP contribution in [-0.4, -0.2) is 83.3 Å². The molecule has 0 bridgehead atoms. The largest absolute Gasteiger partial charge is 0.353 e. The zero-order valence-corrected chi connectivity index (χ0v) is 17.0. The first-order chi connectivity index (χ1) is 13.5. The maximum atomic E-state index is 13.3. The molecule has 1 unspecified atom stereocenters. The summed E-state index contributed by atoms with van der Waals surface area (Å²) >= 11 is 0. The van der Waals surface area contributed by atoms with E-state index >= 15 is 0 Å². The molecular formula is C18H27N7O2S. The molecule has 2 aromatic heterocycles. The van der Waals surface area contributed by atoms with Crippen molar-refractivity contribution in [3.63, 3.8) is 0 Å². The first kappa shape index (κ1) is 18.3. The summed E-state index contributed by atoms with van der Waals surface area (Å²) in [6, 6.07) is 2.24. The lowest BCUT2D eigenvalue weighted by atomic mass is 10.2. The Kier molecular flexibility index (Phi) is 4.34. The summed E-state index contributed by atoms with van der Waals surface area (Å²) < 4.78 is 29.9. The highest BCUT2D eigenvalue weighted by Gasteiger charge is 2.56. The number of hydrogen-bond acceptors (Lipinski definition) is 6. The van der Waals surface area contributed by atoms with Crippen LogP contribution < -0.4 is 10.2 Å². The molecule has 10 heteroatoms. The van der Waals surface area contributed by atoms with Crippen LogP contribution in [0.15, 0.2) is 18.6 Å². The lowest BCUT2D eigenvalue weighted by Gasteiger charge is -2.43. The topological polar surface area (TPSA) is 97.5 Å². The number of likely N-dealkylation sites (N-methyl/N-ethyl adjacent to an activating group) is 1. The van der Waals surface area contributed by atoms with Gasteiger partial charge in [-0.3, -0.25) is 0 Å². The Labute approximate surface area is 165 Å². The van der Waals surface area contributed by atoms with E-state index < -0.39 is 10.2 Å². The molecule has 0 aromatic carbocycles. The van der Waals surface area contributed by atoms with Crippen molar-refractivity contribution in [3.8, 4) is 0 Å². The Morgan fingerprint density at radius 3 is 2.93 bits per heavy atom. The predicted octanol–water partition coefficient (Wildman–Crippen LogP) is 0.541. The quantitative estimate of drug-likeness (QED) is 0.754. The van der Waals surface area contributed by atoms with E-state index in [4.69, 9.17) is 0 Å². The number of fused-ring (bicyclic) bond motifs is 1. The van der Waals surface area contributed by atoms with Crippen LogP contribution in [0.3, 0.4) is 0 Å². The van der Waals surface area contributed by atoms with Crippen molar-refractivity contribution >= 4 is 27.1 Å². The molecule has 2 saturated heterocycles. The monoisotopic (exact) mass is 405 g/mol. The van der Waals surface area contributed by atoms with Crippen LogP contribution in [0.25, 0.3) is 11.0 Å². The van der Waals surface area contributed by atoms with Gasteiger partial charge >= 0.3 is 0 Å². The molecule has 0 amide bonds. The van der Waals surface area contributed by atoms with E-state index in [0.717, 1.165) is 49.1 Å². The molecule has 1 aliphatic carbocycles. The molecule has 0 radical (unpaired) electrons. The first-order valence-corrected chi connectivity index (χ1v) is 11.4. The van der Waals surface area contributed by atoms with Gasteiger partial charge in [-0.25, -0.2) is 9.97 Å². The smallest absolute Gasteiger partial charge is 0.282 e. The summed E-state index contributed by atoms with van der Waals surface area (Å²) in [4.78, 5) is 14.1. The van der Waals surface area contributed by atoms with Crippen LogP contribution >= 0.6 is 0 Å². The average Bonchev–Trinajstić information content (AvgIpc) is 3.10. The minimum Gasteiger partial charge on any atom is -0.353 e. The number of rotatable bonds is 5. The minimum absolute atomic E-state index is 0.263. The first-order valence-electron chi connectivity index (χ1n) is 10.0. The van der Waals surface area contributed by atoms with Gasteiger partial charge in [0.1, 0.15) is 17.8 Å². The fourth-order valence-electron chi connectivity index (χ4n) is 4.65. The Hall–Kier alpha value is -1.75. The van der Waals surface area contributed by atoms with Gasteiger partial charge < -0.3 is 15.2 Å². The van der Waals surface area contributed by atoms with Crippen molar-refractivity contribution in [2.24, 2.45) is 0 Å². The Morgan fingerprint density at radius 1 is 1.32 bits per heavy atom. The van der Waals surface area contributed by atoms with Gasteiger partial charge in [-0.05, 0) is 38.3 Å². The number of H-pyrrole nitrogens is 1. The van der Waals surface area contributed by atoms with Gasteiger partial charge in [0, 0.05) is 45.5 Å². The van der Waals surface area contributed by atoms with Crippen molar-refractivity contribution < 1.29 is 8.42 Å². The molecule has 2 N–H and O–H groups in total. The van der Waals surface area contributed by atoms with Crippen LogP contribution in [0.1, 0.15) is 25.7 Å². The van der Waals surface area contributed by atoms with Gasteiger partial charge in [0.15, 0.2) is 0 Å². The third-order valence-corrected chi connectivity index (χ3v) is 8.42. The molecule has 2 aliphatic heterocycles. The third kappa shape index (κ3) is 2.99. The fraction of sp³-hybridized carbons (Fsp3) is 0.667. The van der Waals surface area contributed by atoms with Gasteiger partial charge in [-0.15, -0.1) is 0 Å². The lowest BCUT2D eigenvalue weighted by molar-refractivity contribution is 0.248. The second kappa shape index (κ2) is 6.65. The molecule has 2 aromatic rings. The Morgan fingerprint density at radius 2 is 2.18 bits per heavy atom. The number of aromatic nitrogens is 3. The zero-order valence-electron chi connectivity index (χ0n) is 16.1. The summed E-state index contributed by atoms with van der Waals surface area (Å²) in [6.07, 6.45) is 7.40. The van der Waals surface area contributed by atoms with Gasteiger partial charge in [-0.1, -0.05) is 0 Å². The van der Waals surface area contributed by atoms with E-state index in [-0.39, 0.29) is 11.6 Å². The number of piperazine rings is 1. The van der Waals surface area contributed by atoms with E-state index in [9.17, 15) is 8.42 Å². The number of hydrogen-bond donors (Lipinski definition) is 2. The van der Waals surface area contributed by atoms with Crippen LogP contribution in [0.2, 0.25) is 0 Å². The van der Waals surface area contributed by atoms with E-state index in [1.807, 2.05) is 12.3 Å². The van der Waals surface area contributed by atoms with E-state index in [0.29, 0.717) is 26.2 Å². The summed E-state index contributed by atoms with van der Waals surface area (Å²) in [5.41, 5.74) is 0.510. The van der Waals surface area contributed by atoms with Gasteiger partial charge in [0.05, 0.1) is 10.9 Å². The van der Waals surface area contributed by atoms with Crippen LogP contribution in [0.4, 0.5) is 5.82 Å². The van der Waals surface area contributed by atoms with E-state index in [1.165, 1.54) is 0 Å². The summed E-state index contributed by atoms with van der Waals surface area (Å²) in [6.45, 7) is 3.32. The highest BCUT2D eigenvalue weighted by Crippen LogP contribution is 2.47. The molecule has 1 atom stereocenters. The normalized spacial score (nSPS) is 25.2. The van der Waals surface area contributed by atoms with Crippen molar-refractivity contribution in [1.29, 1.82) is 0 Å². The molecule has 3 fully saturated rings. The number of nitrogens with zero attached hydrogens (tertiary/aromatic N) is 5. The number of nitrogens with one attached hydrogen (secondary N) is 2. The van der Waals surface area contributed by atoms with Crippen molar-refractivity contribution in [1.82, 2.24) is 28.9 Å². The molecule has 3 aliphatic rings. The number of aromatic amines is 1. The molecular weight excluding hydrogens is 378 g/mol. The Balaban J connectivity index is 1.36. The minimum atomic E-state index is -3.47. The van der Waals surface area contributed by atoms with Crippen molar-refractivity contribution in [3.05, 3.63) is 18.6 Å². The Bertz CT molecular complexity index is 965. The standard InChI is InChI=1S/C18H27N7O2S/c1-23(11-14-3-2-7-19-14)28(26,27)25-10-9-24(12-18(25)5-6-18)17-15-4-8-20-16(15)21-13-22-17/h4,8,13-14,19H,2-3,5-7,9-12H2,1H3,(H,20,21,22). The SMILES string of the molecule is CN(CC1CCCN1)S(=O)(=O)N1CCN(c2ncnc3[nH]ccc23)CC12CC2. The highest BCUT2D eigenvalue weighted by atomic mass is 32.2. The molecule has 9 nitrogen and oxygen atoms in total. The lowest BCUT2D eigenvalue weighted by Crippen LogP contribution is -2.60. The van der Waals surface area contributed by atoms with Crippen molar-refractivity contribution in [2.45, 2.75) is 37.3 Å². The fourth-order valence-corrected chi connectivity index (χ4v) is 6.40. The average molecular weight is 406 g/mol. The molecule has 1 spiro atoms. The van der Waals surface area contributed by atoms with Crippen LogP contribution in [0, 0.1) is 0 Å².